The van der Waals surface area contributed by atoms with Crippen LogP contribution in [0.25, 0.3) is 0 Å². The zero-order valence-electron chi connectivity index (χ0n) is 7.89. The highest BCUT2D eigenvalue weighted by atomic mass is 16.3. The fraction of sp³-hybridized carbons (Fsp3) is 0.600. The molecule has 1 N–H and O–H groups in total. The zero-order chi connectivity index (χ0) is 8.85. The molecule has 0 aliphatic rings. The molecule has 0 unspecified atom stereocenters. The molecule has 0 bridgehead atoms. The Bertz CT molecular complexity index is 164. The molecule has 11 heavy (non-hydrogen) atoms. The van der Waals surface area contributed by atoms with Crippen LogP contribution < -0.4 is 0 Å². The lowest BCUT2D eigenvalue weighted by molar-refractivity contribution is 0.334. The van der Waals surface area contributed by atoms with Gasteiger partial charge in [0, 0.05) is 0 Å². The van der Waals surface area contributed by atoms with Gasteiger partial charge in [0.1, 0.15) is 0 Å². The van der Waals surface area contributed by atoms with Crippen molar-refractivity contribution in [2.75, 3.05) is 6.61 Å². The van der Waals surface area contributed by atoms with Crippen molar-refractivity contribution in [3.63, 3.8) is 0 Å². The Morgan fingerprint density at radius 2 is 2.00 bits per heavy atom. The number of hydrogen-bond acceptors (Lipinski definition) is 1. The lowest BCUT2D eigenvalue weighted by Gasteiger charge is -2.05. The van der Waals surface area contributed by atoms with E-state index in [0.717, 1.165) is 5.57 Å². The maximum atomic E-state index is 8.84. The summed E-state index contributed by atoms with van der Waals surface area (Å²) in [6, 6.07) is 0. The number of allylic oxidation sites excluding steroid dienone is 2. The van der Waals surface area contributed by atoms with Crippen molar-refractivity contribution in [3.05, 3.63) is 23.3 Å². The summed E-state index contributed by atoms with van der Waals surface area (Å²) in [5.74, 6) is 0.566. The SMILES string of the molecule is C/C=C(\C=C(\C)C(C)C)CO. The second kappa shape index (κ2) is 5.14. The molecule has 0 aromatic rings. The Kier molecular flexibility index (Phi) is 4.88. The van der Waals surface area contributed by atoms with Crippen LogP contribution in [0, 0.1) is 5.92 Å². The molecule has 1 heteroatoms. The first-order valence-electron chi connectivity index (χ1n) is 4.06. The molecular formula is C10H18O. The molecule has 0 amide bonds. The molecule has 0 fully saturated rings. The number of aliphatic hydroxyl groups excluding tert-OH is 1. The van der Waals surface area contributed by atoms with Crippen LogP contribution >= 0.6 is 0 Å². The summed E-state index contributed by atoms with van der Waals surface area (Å²) >= 11 is 0. The van der Waals surface area contributed by atoms with Crippen LogP contribution in [0.5, 0.6) is 0 Å². The second-order valence-corrected chi connectivity index (χ2v) is 3.06. The van der Waals surface area contributed by atoms with Crippen LogP contribution in [0.2, 0.25) is 0 Å². The van der Waals surface area contributed by atoms with E-state index >= 15 is 0 Å². The summed E-state index contributed by atoms with van der Waals surface area (Å²) in [5, 5.41) is 8.84. The summed E-state index contributed by atoms with van der Waals surface area (Å²) in [7, 11) is 0. The Morgan fingerprint density at radius 1 is 1.45 bits per heavy atom. The summed E-state index contributed by atoms with van der Waals surface area (Å²) in [4.78, 5) is 0. The first-order chi connectivity index (χ1) is 5.11. The van der Waals surface area contributed by atoms with Gasteiger partial charge < -0.3 is 5.11 Å². The Morgan fingerprint density at radius 3 is 2.27 bits per heavy atom. The van der Waals surface area contributed by atoms with E-state index in [0.29, 0.717) is 5.92 Å². The maximum absolute atomic E-state index is 8.84. The van der Waals surface area contributed by atoms with Crippen LogP contribution in [-0.4, -0.2) is 11.7 Å². The van der Waals surface area contributed by atoms with E-state index in [-0.39, 0.29) is 6.61 Å². The standard InChI is InChI=1S/C10H18O/c1-5-10(7-11)6-9(4)8(2)3/h5-6,8,11H,7H2,1-4H3/b9-6-,10-5+. The summed E-state index contributed by atoms with van der Waals surface area (Å²) in [6.45, 7) is 8.47. The van der Waals surface area contributed by atoms with Crippen LogP contribution in [0.3, 0.4) is 0 Å². The van der Waals surface area contributed by atoms with Gasteiger partial charge in [0.15, 0.2) is 0 Å². The van der Waals surface area contributed by atoms with Gasteiger partial charge in [0.2, 0.25) is 0 Å². The third-order valence-electron chi connectivity index (χ3n) is 1.88. The van der Waals surface area contributed by atoms with Gasteiger partial charge in [-0.2, -0.15) is 0 Å². The predicted molar refractivity (Wildman–Crippen MR) is 49.4 cm³/mol. The number of rotatable bonds is 3. The molecule has 0 radical (unpaired) electrons. The molecule has 0 rings (SSSR count). The molecule has 0 saturated heterocycles. The van der Waals surface area contributed by atoms with Gasteiger partial charge >= 0.3 is 0 Å². The Balaban J connectivity index is 4.28. The highest BCUT2D eigenvalue weighted by molar-refractivity contribution is 5.23. The second-order valence-electron chi connectivity index (χ2n) is 3.06. The van der Waals surface area contributed by atoms with E-state index in [2.05, 4.69) is 20.8 Å². The quantitative estimate of drug-likeness (QED) is 0.619. The van der Waals surface area contributed by atoms with E-state index in [1.165, 1.54) is 5.57 Å². The van der Waals surface area contributed by atoms with Gasteiger partial charge in [-0.05, 0) is 25.3 Å². The molecule has 0 aliphatic heterocycles. The minimum absolute atomic E-state index is 0.139. The topological polar surface area (TPSA) is 20.2 Å². The minimum atomic E-state index is 0.139. The lowest BCUT2D eigenvalue weighted by Crippen LogP contribution is -1.92. The summed E-state index contributed by atoms with van der Waals surface area (Å²) in [6.07, 6.45) is 3.98. The average Bonchev–Trinajstić information content (AvgIpc) is 1.99. The van der Waals surface area contributed by atoms with Gasteiger partial charge in [0.25, 0.3) is 0 Å². The number of aliphatic hydroxyl groups is 1. The van der Waals surface area contributed by atoms with Gasteiger partial charge in [-0.15, -0.1) is 0 Å². The summed E-state index contributed by atoms with van der Waals surface area (Å²) < 4.78 is 0. The molecule has 0 heterocycles. The molecule has 64 valence electrons. The molecule has 0 saturated carbocycles. The van der Waals surface area contributed by atoms with Gasteiger partial charge in [0.05, 0.1) is 6.61 Å². The highest BCUT2D eigenvalue weighted by Crippen LogP contribution is 2.10. The van der Waals surface area contributed by atoms with Crippen molar-refractivity contribution in [2.24, 2.45) is 5.92 Å². The van der Waals surface area contributed by atoms with Crippen LogP contribution in [0.4, 0.5) is 0 Å². The third-order valence-corrected chi connectivity index (χ3v) is 1.88. The monoisotopic (exact) mass is 154 g/mol. The molecule has 0 atom stereocenters. The van der Waals surface area contributed by atoms with Crippen molar-refractivity contribution in [2.45, 2.75) is 27.7 Å². The Labute approximate surface area is 69.4 Å². The first-order valence-corrected chi connectivity index (χ1v) is 4.06. The van der Waals surface area contributed by atoms with Gasteiger partial charge in [-0.1, -0.05) is 31.6 Å². The van der Waals surface area contributed by atoms with Crippen molar-refractivity contribution in [3.8, 4) is 0 Å². The first kappa shape index (κ1) is 10.4. The van der Waals surface area contributed by atoms with E-state index in [1.807, 2.05) is 19.1 Å². The summed E-state index contributed by atoms with van der Waals surface area (Å²) in [5.41, 5.74) is 2.31. The van der Waals surface area contributed by atoms with Crippen molar-refractivity contribution in [1.29, 1.82) is 0 Å². The van der Waals surface area contributed by atoms with Crippen LogP contribution in [-0.2, 0) is 0 Å². The van der Waals surface area contributed by atoms with Gasteiger partial charge in [-0.25, -0.2) is 0 Å². The van der Waals surface area contributed by atoms with Crippen LogP contribution in [0.15, 0.2) is 23.3 Å². The van der Waals surface area contributed by atoms with E-state index < -0.39 is 0 Å². The molecule has 0 spiro atoms. The highest BCUT2D eigenvalue weighted by Gasteiger charge is 1.96. The van der Waals surface area contributed by atoms with Crippen molar-refractivity contribution in [1.82, 2.24) is 0 Å². The smallest absolute Gasteiger partial charge is 0.0678 e. The molecule has 0 aromatic carbocycles. The lowest BCUT2D eigenvalue weighted by atomic mass is 10.0. The predicted octanol–water partition coefficient (Wildman–Crippen LogP) is 2.53. The van der Waals surface area contributed by atoms with Crippen molar-refractivity contribution >= 4 is 0 Å². The minimum Gasteiger partial charge on any atom is -0.392 e. The molecule has 0 aromatic heterocycles. The average molecular weight is 154 g/mol. The van der Waals surface area contributed by atoms with E-state index in [1.54, 1.807) is 0 Å². The molecule has 1 nitrogen and oxygen atoms in total. The molecular weight excluding hydrogens is 136 g/mol. The Hall–Kier alpha value is -0.560. The molecule has 0 aliphatic carbocycles. The normalized spacial score (nSPS) is 14.4. The zero-order valence-corrected chi connectivity index (χ0v) is 7.89. The number of hydrogen-bond donors (Lipinski definition) is 1. The third kappa shape index (κ3) is 3.99. The fourth-order valence-corrected chi connectivity index (χ4v) is 0.679. The maximum Gasteiger partial charge on any atom is 0.0678 e. The largest absolute Gasteiger partial charge is 0.392 e. The van der Waals surface area contributed by atoms with E-state index in [4.69, 9.17) is 5.11 Å². The van der Waals surface area contributed by atoms with Crippen LogP contribution in [0.1, 0.15) is 27.7 Å². The van der Waals surface area contributed by atoms with Gasteiger partial charge in [-0.3, -0.25) is 0 Å². The van der Waals surface area contributed by atoms with Crippen molar-refractivity contribution < 1.29 is 5.11 Å². The fourth-order valence-electron chi connectivity index (χ4n) is 0.679. The van der Waals surface area contributed by atoms with E-state index in [9.17, 15) is 0 Å².